The van der Waals surface area contributed by atoms with Crippen LogP contribution >= 0.6 is 11.3 Å². The zero-order chi connectivity index (χ0) is 18.0. The van der Waals surface area contributed by atoms with Crippen LogP contribution in [0.25, 0.3) is 21.7 Å². The molecular formula is C21H24N4S. The van der Waals surface area contributed by atoms with E-state index in [-0.39, 0.29) is 5.41 Å². The van der Waals surface area contributed by atoms with Crippen molar-refractivity contribution in [3.05, 3.63) is 48.2 Å². The monoisotopic (exact) mass is 364 g/mol. The molecule has 0 spiro atoms. The van der Waals surface area contributed by atoms with Gasteiger partial charge < -0.3 is 5.32 Å². The van der Waals surface area contributed by atoms with E-state index in [1.54, 1.807) is 23.7 Å². The zero-order valence-corrected chi connectivity index (χ0v) is 16.1. The second kappa shape index (κ2) is 7.16. The molecular weight excluding hydrogens is 340 g/mol. The third-order valence-electron chi connectivity index (χ3n) is 5.45. The summed E-state index contributed by atoms with van der Waals surface area (Å²) < 4.78 is 0. The van der Waals surface area contributed by atoms with Gasteiger partial charge in [0.15, 0.2) is 0 Å². The highest BCUT2D eigenvalue weighted by Gasteiger charge is 2.33. The summed E-state index contributed by atoms with van der Waals surface area (Å²) in [7, 11) is 0. The van der Waals surface area contributed by atoms with Gasteiger partial charge in [-0.2, -0.15) is 0 Å². The van der Waals surface area contributed by atoms with Crippen LogP contribution in [-0.2, 0) is 0 Å². The van der Waals surface area contributed by atoms with Crippen molar-refractivity contribution < 1.29 is 0 Å². The van der Waals surface area contributed by atoms with Crippen LogP contribution in [0, 0.1) is 11.3 Å². The summed E-state index contributed by atoms with van der Waals surface area (Å²) in [6, 6.07) is 8.18. The Bertz CT molecular complexity index is 855. The molecule has 0 bridgehead atoms. The van der Waals surface area contributed by atoms with E-state index >= 15 is 0 Å². The fourth-order valence-electron chi connectivity index (χ4n) is 3.45. The highest BCUT2D eigenvalue weighted by Crippen LogP contribution is 2.41. The summed E-state index contributed by atoms with van der Waals surface area (Å²) >= 11 is 1.70. The Morgan fingerprint density at radius 3 is 2.65 bits per heavy atom. The largest absolute Gasteiger partial charge is 0.354 e. The molecule has 0 unspecified atom stereocenters. The van der Waals surface area contributed by atoms with Crippen molar-refractivity contribution in [3.8, 4) is 21.7 Å². The molecule has 1 saturated carbocycles. The second-order valence-corrected chi connectivity index (χ2v) is 8.59. The molecule has 5 heteroatoms. The predicted molar refractivity (Wildman–Crippen MR) is 108 cm³/mol. The first-order valence-corrected chi connectivity index (χ1v) is 10.1. The molecule has 134 valence electrons. The van der Waals surface area contributed by atoms with Crippen LogP contribution in [0.4, 0.5) is 5.95 Å². The summed E-state index contributed by atoms with van der Waals surface area (Å²) in [6.07, 6.45) is 9.60. The van der Waals surface area contributed by atoms with Crippen molar-refractivity contribution in [2.24, 2.45) is 11.3 Å². The van der Waals surface area contributed by atoms with Crippen molar-refractivity contribution in [3.63, 3.8) is 0 Å². The first-order valence-electron chi connectivity index (χ1n) is 9.19. The number of hydrogen-bond acceptors (Lipinski definition) is 5. The molecule has 0 atom stereocenters. The maximum absolute atomic E-state index is 4.87. The quantitative estimate of drug-likeness (QED) is 0.627. The Balaban J connectivity index is 1.62. The summed E-state index contributed by atoms with van der Waals surface area (Å²) in [5, 5.41) is 5.57. The fraction of sp³-hybridized carbons (Fsp3) is 0.381. The molecule has 1 aliphatic rings. The minimum Gasteiger partial charge on any atom is -0.354 e. The Morgan fingerprint density at radius 1 is 1.19 bits per heavy atom. The molecule has 0 aromatic carbocycles. The first kappa shape index (κ1) is 17.2. The SMILES string of the molecule is CC(C)(CNc1ncc(-c2ccncc2)c(-c2cccs2)n1)C1CCC1. The minimum atomic E-state index is 0.272. The molecule has 26 heavy (non-hydrogen) atoms. The lowest BCUT2D eigenvalue weighted by Crippen LogP contribution is -2.36. The van der Waals surface area contributed by atoms with Gasteiger partial charge in [-0.1, -0.05) is 26.3 Å². The number of nitrogens with zero attached hydrogens (tertiary/aromatic N) is 3. The molecule has 0 radical (unpaired) electrons. The number of aromatic nitrogens is 3. The predicted octanol–water partition coefficient (Wildman–Crippen LogP) is 5.51. The van der Waals surface area contributed by atoms with E-state index in [0.29, 0.717) is 5.95 Å². The van der Waals surface area contributed by atoms with Gasteiger partial charge >= 0.3 is 0 Å². The molecule has 3 aromatic rings. The molecule has 1 N–H and O–H groups in total. The maximum Gasteiger partial charge on any atom is 0.223 e. The first-order chi connectivity index (χ1) is 12.6. The molecule has 4 rings (SSSR count). The Labute approximate surface area is 158 Å². The van der Waals surface area contributed by atoms with Crippen molar-refractivity contribution in [2.75, 3.05) is 11.9 Å². The van der Waals surface area contributed by atoms with Gasteiger partial charge in [-0.3, -0.25) is 4.98 Å². The van der Waals surface area contributed by atoms with E-state index in [1.165, 1.54) is 19.3 Å². The van der Waals surface area contributed by atoms with Crippen LogP contribution in [0.1, 0.15) is 33.1 Å². The van der Waals surface area contributed by atoms with Crippen LogP contribution in [0.2, 0.25) is 0 Å². The van der Waals surface area contributed by atoms with Crippen LogP contribution in [0.3, 0.4) is 0 Å². The van der Waals surface area contributed by atoms with E-state index in [1.807, 2.05) is 18.3 Å². The molecule has 0 aliphatic heterocycles. The van der Waals surface area contributed by atoms with Crippen LogP contribution in [0.15, 0.2) is 48.2 Å². The summed E-state index contributed by atoms with van der Waals surface area (Å²) in [5.41, 5.74) is 3.38. The molecule has 0 amide bonds. The average molecular weight is 365 g/mol. The van der Waals surface area contributed by atoms with Crippen LogP contribution in [0.5, 0.6) is 0 Å². The third-order valence-corrected chi connectivity index (χ3v) is 6.32. The highest BCUT2D eigenvalue weighted by atomic mass is 32.1. The van der Waals surface area contributed by atoms with E-state index in [2.05, 4.69) is 46.6 Å². The summed E-state index contributed by atoms with van der Waals surface area (Å²) in [4.78, 5) is 14.7. The minimum absolute atomic E-state index is 0.272. The molecule has 1 aliphatic carbocycles. The van der Waals surface area contributed by atoms with E-state index in [0.717, 1.165) is 34.2 Å². The van der Waals surface area contributed by atoms with Crippen molar-refractivity contribution in [1.82, 2.24) is 15.0 Å². The van der Waals surface area contributed by atoms with Gasteiger partial charge in [0.1, 0.15) is 0 Å². The van der Waals surface area contributed by atoms with Gasteiger partial charge in [0, 0.05) is 30.7 Å². The lowest BCUT2D eigenvalue weighted by atomic mass is 9.67. The lowest BCUT2D eigenvalue weighted by Gasteiger charge is -2.40. The lowest BCUT2D eigenvalue weighted by molar-refractivity contribution is 0.134. The highest BCUT2D eigenvalue weighted by molar-refractivity contribution is 7.13. The van der Waals surface area contributed by atoms with Gasteiger partial charge in [-0.05, 0) is 53.3 Å². The second-order valence-electron chi connectivity index (χ2n) is 7.64. The number of nitrogens with one attached hydrogen (secondary N) is 1. The number of anilines is 1. The molecule has 0 saturated heterocycles. The number of rotatable bonds is 6. The van der Waals surface area contributed by atoms with Gasteiger partial charge in [-0.25, -0.2) is 9.97 Å². The Hall–Kier alpha value is -2.27. The standard InChI is InChI=1S/C21H24N4S/c1-21(2,16-5-3-6-16)14-24-20-23-13-17(15-8-10-22-11-9-15)19(25-20)18-7-4-12-26-18/h4,7-13,16H,3,5-6,14H2,1-2H3,(H,23,24,25). The van der Waals surface area contributed by atoms with Crippen LogP contribution < -0.4 is 5.32 Å². The fourth-order valence-corrected chi connectivity index (χ4v) is 4.18. The van der Waals surface area contributed by atoms with Crippen molar-refractivity contribution in [1.29, 1.82) is 0 Å². The number of hydrogen-bond donors (Lipinski definition) is 1. The normalized spacial score (nSPS) is 14.8. The summed E-state index contributed by atoms with van der Waals surface area (Å²) in [6.45, 7) is 5.58. The van der Waals surface area contributed by atoms with Crippen LogP contribution in [-0.4, -0.2) is 21.5 Å². The van der Waals surface area contributed by atoms with Gasteiger partial charge in [0.05, 0.1) is 10.6 Å². The molecule has 1 fully saturated rings. The number of pyridine rings is 1. The van der Waals surface area contributed by atoms with E-state index in [4.69, 9.17) is 4.98 Å². The smallest absolute Gasteiger partial charge is 0.223 e. The average Bonchev–Trinajstić information content (AvgIpc) is 3.13. The van der Waals surface area contributed by atoms with Gasteiger partial charge in [-0.15, -0.1) is 11.3 Å². The Morgan fingerprint density at radius 2 is 2.00 bits per heavy atom. The van der Waals surface area contributed by atoms with Crippen molar-refractivity contribution in [2.45, 2.75) is 33.1 Å². The third kappa shape index (κ3) is 3.49. The maximum atomic E-state index is 4.87. The van der Waals surface area contributed by atoms with Gasteiger partial charge in [0.25, 0.3) is 0 Å². The zero-order valence-electron chi connectivity index (χ0n) is 15.3. The molecule has 4 nitrogen and oxygen atoms in total. The molecule has 3 aromatic heterocycles. The number of thiophene rings is 1. The van der Waals surface area contributed by atoms with Crippen molar-refractivity contribution >= 4 is 17.3 Å². The molecule has 3 heterocycles. The van der Waals surface area contributed by atoms with E-state index < -0.39 is 0 Å². The Kier molecular flexibility index (Phi) is 4.72. The summed E-state index contributed by atoms with van der Waals surface area (Å²) in [5.74, 6) is 1.52. The topological polar surface area (TPSA) is 50.7 Å². The van der Waals surface area contributed by atoms with E-state index in [9.17, 15) is 0 Å². The van der Waals surface area contributed by atoms with Gasteiger partial charge in [0.2, 0.25) is 5.95 Å².